The fraction of sp³-hybridized carbons (Fsp3) is 0.120. The Morgan fingerprint density at radius 3 is 2.47 bits per heavy atom. The van der Waals surface area contributed by atoms with Gasteiger partial charge in [0.05, 0.1) is 25.3 Å². The average Bonchev–Trinajstić information content (AvgIpc) is 3.10. The predicted octanol–water partition coefficient (Wildman–Crippen LogP) is 5.50. The van der Waals surface area contributed by atoms with Crippen molar-refractivity contribution >= 4 is 29.4 Å². The second kappa shape index (κ2) is 8.77. The van der Waals surface area contributed by atoms with Crippen LogP contribution in [0.2, 0.25) is 5.02 Å². The van der Waals surface area contributed by atoms with Gasteiger partial charge < -0.3 is 18.9 Å². The summed E-state index contributed by atoms with van der Waals surface area (Å²) in [5.41, 5.74) is 2.01. The number of allylic oxidation sites excluding steroid dienone is 1. The van der Waals surface area contributed by atoms with Crippen LogP contribution in [-0.4, -0.2) is 26.0 Å². The molecule has 0 fully saturated rings. The molecule has 7 heteroatoms. The Hall–Kier alpha value is -3.77. The molecule has 0 aromatic heterocycles. The third-order valence-electron chi connectivity index (χ3n) is 4.97. The molecule has 0 saturated heterocycles. The zero-order valence-corrected chi connectivity index (χ0v) is 18.4. The van der Waals surface area contributed by atoms with Gasteiger partial charge in [0.15, 0.2) is 17.3 Å². The van der Waals surface area contributed by atoms with Gasteiger partial charge in [-0.3, -0.25) is 4.79 Å². The first-order chi connectivity index (χ1) is 15.4. The molecule has 0 radical (unpaired) electrons. The molecule has 3 aromatic rings. The second-order valence-corrected chi connectivity index (χ2v) is 7.44. The first-order valence-corrected chi connectivity index (χ1v) is 10.1. The number of hydrogen-bond acceptors (Lipinski definition) is 6. The normalized spacial score (nSPS) is 13.5. The summed E-state index contributed by atoms with van der Waals surface area (Å²) in [5.74, 6) is 0.810. The van der Waals surface area contributed by atoms with Crippen molar-refractivity contribution in [3.63, 3.8) is 0 Å². The zero-order chi connectivity index (χ0) is 22.8. The molecular weight excluding hydrogens is 432 g/mol. The highest BCUT2D eigenvalue weighted by Gasteiger charge is 2.30. The largest absolute Gasteiger partial charge is 0.493 e. The number of Topliss-reactive ketones (excluding diaryl/α,β-unsaturated/α-hetero) is 1. The van der Waals surface area contributed by atoms with E-state index in [9.17, 15) is 9.59 Å². The molecule has 162 valence electrons. The molecule has 0 N–H and O–H groups in total. The third-order valence-corrected chi connectivity index (χ3v) is 5.31. The van der Waals surface area contributed by atoms with Crippen LogP contribution in [0.4, 0.5) is 0 Å². The first-order valence-electron chi connectivity index (χ1n) is 9.69. The van der Waals surface area contributed by atoms with Crippen molar-refractivity contribution in [1.82, 2.24) is 0 Å². The number of methoxy groups -OCH3 is 2. The van der Waals surface area contributed by atoms with E-state index in [0.29, 0.717) is 39.0 Å². The summed E-state index contributed by atoms with van der Waals surface area (Å²) in [6.07, 6.45) is 1.60. The summed E-state index contributed by atoms with van der Waals surface area (Å²) >= 11 is 6.19. The van der Waals surface area contributed by atoms with Gasteiger partial charge in [0, 0.05) is 11.1 Å². The molecule has 0 atom stereocenters. The van der Waals surface area contributed by atoms with Crippen molar-refractivity contribution in [2.24, 2.45) is 0 Å². The van der Waals surface area contributed by atoms with E-state index in [1.807, 2.05) is 6.07 Å². The number of halogens is 1. The lowest BCUT2D eigenvalue weighted by Gasteiger charge is -2.10. The van der Waals surface area contributed by atoms with E-state index in [1.54, 1.807) is 49.4 Å². The fourth-order valence-electron chi connectivity index (χ4n) is 3.40. The highest BCUT2D eigenvalue weighted by Crippen LogP contribution is 2.38. The highest BCUT2D eigenvalue weighted by atomic mass is 35.5. The van der Waals surface area contributed by atoms with Crippen LogP contribution in [0.5, 0.6) is 23.0 Å². The Morgan fingerprint density at radius 1 is 1.00 bits per heavy atom. The molecule has 1 heterocycles. The lowest BCUT2D eigenvalue weighted by Crippen LogP contribution is -2.09. The van der Waals surface area contributed by atoms with Crippen LogP contribution in [0.25, 0.3) is 6.08 Å². The maximum Gasteiger partial charge on any atom is 0.343 e. The van der Waals surface area contributed by atoms with E-state index >= 15 is 0 Å². The average molecular weight is 451 g/mol. The Bertz CT molecular complexity index is 1260. The van der Waals surface area contributed by atoms with Gasteiger partial charge in [-0.25, -0.2) is 4.79 Å². The molecule has 0 spiro atoms. The number of esters is 1. The molecule has 0 aliphatic carbocycles. The van der Waals surface area contributed by atoms with Gasteiger partial charge in [-0.1, -0.05) is 29.8 Å². The number of carbonyl (C=O) groups is 2. The number of benzene rings is 3. The minimum atomic E-state index is -0.582. The zero-order valence-electron chi connectivity index (χ0n) is 17.6. The monoisotopic (exact) mass is 450 g/mol. The highest BCUT2D eigenvalue weighted by molar-refractivity contribution is 6.32. The molecule has 0 unspecified atom stereocenters. The maximum absolute atomic E-state index is 12.8. The molecule has 3 aromatic carbocycles. The maximum atomic E-state index is 12.8. The lowest BCUT2D eigenvalue weighted by molar-refractivity contribution is 0.0734. The molecule has 0 bridgehead atoms. The van der Waals surface area contributed by atoms with Gasteiger partial charge in [-0.05, 0) is 54.5 Å². The van der Waals surface area contributed by atoms with Crippen molar-refractivity contribution in [2.75, 3.05) is 14.2 Å². The lowest BCUT2D eigenvalue weighted by atomic mass is 10.0. The van der Waals surface area contributed by atoms with E-state index in [2.05, 4.69) is 0 Å². The van der Waals surface area contributed by atoms with Crippen molar-refractivity contribution in [2.45, 2.75) is 6.92 Å². The minimum Gasteiger partial charge on any atom is -0.493 e. The number of fused-ring (bicyclic) bond motifs is 1. The van der Waals surface area contributed by atoms with Crippen LogP contribution in [-0.2, 0) is 0 Å². The van der Waals surface area contributed by atoms with Gasteiger partial charge in [0.1, 0.15) is 11.5 Å². The number of ether oxygens (including phenoxy) is 4. The number of ketones is 1. The first kappa shape index (κ1) is 21.5. The molecule has 1 aliphatic rings. The van der Waals surface area contributed by atoms with Crippen LogP contribution >= 0.6 is 11.6 Å². The summed E-state index contributed by atoms with van der Waals surface area (Å²) in [5, 5.41) is 0.508. The molecule has 4 rings (SSSR count). The van der Waals surface area contributed by atoms with E-state index in [4.69, 9.17) is 30.5 Å². The van der Waals surface area contributed by atoms with Crippen LogP contribution in [0.3, 0.4) is 0 Å². The van der Waals surface area contributed by atoms with Crippen LogP contribution in [0.15, 0.2) is 60.4 Å². The van der Waals surface area contributed by atoms with Crippen molar-refractivity contribution < 1.29 is 28.5 Å². The molecule has 32 heavy (non-hydrogen) atoms. The molecule has 6 nitrogen and oxygen atoms in total. The Morgan fingerprint density at radius 2 is 1.75 bits per heavy atom. The van der Waals surface area contributed by atoms with Crippen molar-refractivity contribution in [1.29, 1.82) is 0 Å². The van der Waals surface area contributed by atoms with E-state index < -0.39 is 5.97 Å². The third kappa shape index (κ3) is 4.05. The van der Waals surface area contributed by atoms with Crippen LogP contribution < -0.4 is 18.9 Å². The van der Waals surface area contributed by atoms with Gasteiger partial charge >= 0.3 is 5.97 Å². The quantitative estimate of drug-likeness (QED) is 0.290. The Labute approximate surface area is 189 Å². The topological polar surface area (TPSA) is 71.1 Å². The second-order valence-electron chi connectivity index (χ2n) is 7.03. The Balaban J connectivity index is 1.60. The summed E-state index contributed by atoms with van der Waals surface area (Å²) in [6, 6.07) is 15.0. The number of carbonyl (C=O) groups excluding carboxylic acids is 2. The van der Waals surface area contributed by atoms with Gasteiger partial charge in [0.25, 0.3) is 0 Å². The SMILES string of the molecule is COc1ccc(C(=O)Oc2cc(C)c3c(c2)O/C(=C\c2ccccc2Cl)C3=O)cc1OC. The summed E-state index contributed by atoms with van der Waals surface area (Å²) < 4.78 is 21.7. The van der Waals surface area contributed by atoms with E-state index in [-0.39, 0.29) is 22.9 Å². The minimum absolute atomic E-state index is 0.152. The van der Waals surface area contributed by atoms with Crippen molar-refractivity contribution in [3.05, 3.63) is 87.6 Å². The summed E-state index contributed by atoms with van der Waals surface area (Å²) in [7, 11) is 3.00. The number of aryl methyl sites for hydroxylation is 1. The van der Waals surface area contributed by atoms with Gasteiger partial charge in [0.2, 0.25) is 5.78 Å². The molecular formula is C25H19ClO6. The predicted molar refractivity (Wildman–Crippen MR) is 120 cm³/mol. The van der Waals surface area contributed by atoms with Crippen LogP contribution in [0.1, 0.15) is 31.8 Å². The molecule has 1 aliphatic heterocycles. The molecule has 0 saturated carbocycles. The molecule has 0 amide bonds. The summed E-state index contributed by atoms with van der Waals surface area (Å²) in [6.45, 7) is 1.76. The van der Waals surface area contributed by atoms with E-state index in [1.165, 1.54) is 26.4 Å². The number of hydrogen-bond donors (Lipinski definition) is 0. The summed E-state index contributed by atoms with van der Waals surface area (Å²) in [4.78, 5) is 25.5. The van der Waals surface area contributed by atoms with Crippen molar-refractivity contribution in [3.8, 4) is 23.0 Å². The van der Waals surface area contributed by atoms with Gasteiger partial charge in [-0.15, -0.1) is 0 Å². The number of rotatable bonds is 5. The standard InChI is InChI=1S/C25H19ClO6/c1-14-10-17(31-25(28)16-8-9-19(29-2)20(12-16)30-3)13-21-23(14)24(27)22(32-21)11-15-6-4-5-7-18(15)26/h4-13H,1-3H3/b22-11-. The van der Waals surface area contributed by atoms with Gasteiger partial charge in [-0.2, -0.15) is 0 Å². The smallest absolute Gasteiger partial charge is 0.343 e. The van der Waals surface area contributed by atoms with E-state index in [0.717, 1.165) is 0 Å². The Kier molecular flexibility index (Phi) is 5.88. The fourth-order valence-corrected chi connectivity index (χ4v) is 3.59. The van der Waals surface area contributed by atoms with Crippen LogP contribution in [0, 0.1) is 6.92 Å².